The number of carbonyl (C=O) groups excluding carboxylic acids is 4. The van der Waals surface area contributed by atoms with Crippen molar-refractivity contribution in [2.24, 2.45) is 0 Å². The van der Waals surface area contributed by atoms with Crippen LogP contribution in [0.2, 0.25) is 0 Å². The van der Waals surface area contributed by atoms with Crippen LogP contribution in [0.4, 0.5) is 18.9 Å². The Kier molecular flexibility index (Phi) is 11.4. The third-order valence-corrected chi connectivity index (χ3v) is 7.76. The number of anilines is 1. The number of ether oxygens (including phenoxy) is 1. The van der Waals surface area contributed by atoms with Gasteiger partial charge in [0.2, 0.25) is 5.91 Å². The lowest BCUT2D eigenvalue weighted by Gasteiger charge is -2.28. The van der Waals surface area contributed by atoms with E-state index >= 15 is 0 Å². The van der Waals surface area contributed by atoms with Crippen LogP contribution in [0.3, 0.4) is 0 Å². The van der Waals surface area contributed by atoms with Crippen LogP contribution in [-0.2, 0) is 26.9 Å². The smallest absolute Gasteiger partial charge is 0.416 e. The summed E-state index contributed by atoms with van der Waals surface area (Å²) in [6, 6.07) is 24.3. The second-order valence-electron chi connectivity index (χ2n) is 11.3. The Balaban J connectivity index is 1.54. The number of carbonyl (C=O) groups is 4. The van der Waals surface area contributed by atoms with E-state index in [9.17, 15) is 32.3 Å². The van der Waals surface area contributed by atoms with E-state index in [1.807, 2.05) is 30.3 Å². The van der Waals surface area contributed by atoms with Gasteiger partial charge in [0.15, 0.2) is 0 Å². The fourth-order valence-corrected chi connectivity index (χ4v) is 5.11. The fraction of sp³-hybridized carbons (Fsp3) is 0.243. The van der Waals surface area contributed by atoms with Gasteiger partial charge in [-0.2, -0.15) is 13.2 Å². The highest BCUT2D eigenvalue weighted by Crippen LogP contribution is 2.32. The van der Waals surface area contributed by atoms with Crippen LogP contribution in [0, 0.1) is 0 Å². The summed E-state index contributed by atoms with van der Waals surface area (Å²) in [5, 5.41) is 2.76. The van der Waals surface area contributed by atoms with E-state index in [0.29, 0.717) is 23.1 Å². The van der Waals surface area contributed by atoms with Gasteiger partial charge in [0.1, 0.15) is 6.61 Å². The molecule has 1 N–H and O–H groups in total. The quantitative estimate of drug-likeness (QED) is 0.175. The lowest BCUT2D eigenvalue weighted by Crippen LogP contribution is -2.34. The molecule has 250 valence electrons. The van der Waals surface area contributed by atoms with Crippen LogP contribution in [0.25, 0.3) is 11.1 Å². The molecule has 3 amide bonds. The lowest BCUT2D eigenvalue weighted by atomic mass is 9.97. The number of alkyl halides is 3. The van der Waals surface area contributed by atoms with E-state index in [2.05, 4.69) is 5.32 Å². The summed E-state index contributed by atoms with van der Waals surface area (Å²) in [6.45, 7) is 1.69. The first-order valence-electron chi connectivity index (χ1n) is 15.2. The molecule has 0 bridgehead atoms. The van der Waals surface area contributed by atoms with Gasteiger partial charge < -0.3 is 19.9 Å². The Labute approximate surface area is 277 Å². The second-order valence-corrected chi connectivity index (χ2v) is 11.3. The predicted molar refractivity (Wildman–Crippen MR) is 176 cm³/mol. The predicted octanol–water partition coefficient (Wildman–Crippen LogP) is 7.02. The highest BCUT2D eigenvalue weighted by Gasteiger charge is 2.30. The number of nitrogens with one attached hydrogen (secondary N) is 1. The van der Waals surface area contributed by atoms with Crippen molar-refractivity contribution in [3.63, 3.8) is 0 Å². The molecule has 0 heterocycles. The number of halogens is 3. The zero-order chi connectivity index (χ0) is 35.0. The molecule has 0 saturated carbocycles. The third kappa shape index (κ3) is 8.67. The molecule has 0 saturated heterocycles. The number of likely N-dealkylation sites (N-methyl/N-ethyl adjacent to an activating group) is 1. The van der Waals surface area contributed by atoms with Crippen LogP contribution < -0.4 is 5.32 Å². The van der Waals surface area contributed by atoms with Crippen molar-refractivity contribution in [3.05, 3.63) is 125 Å². The number of esters is 1. The van der Waals surface area contributed by atoms with Crippen molar-refractivity contribution < 1.29 is 37.1 Å². The van der Waals surface area contributed by atoms with Crippen LogP contribution in [0.5, 0.6) is 0 Å². The molecule has 0 fully saturated rings. The Morgan fingerprint density at radius 1 is 0.812 bits per heavy atom. The summed E-state index contributed by atoms with van der Waals surface area (Å²) in [6.07, 6.45) is -4.38. The standard InChI is InChI=1S/C37H36F3N3O5/c1-5-33(44)43(4)32(26-11-7-6-8-12-26)23-48-34(45)22-24-15-20-31(30(21-24)36(47)42(2)3)41-35(46)29-14-10-9-13-28(29)25-16-18-27(19-17-25)37(38,39)40/h6-21,32H,5,22-23H2,1-4H3,(H,41,46)/t32-/m1/s1. The summed E-state index contributed by atoms with van der Waals surface area (Å²) in [5.74, 6) is -1.69. The summed E-state index contributed by atoms with van der Waals surface area (Å²) in [7, 11) is 4.75. The maximum absolute atomic E-state index is 13.5. The number of rotatable bonds is 11. The highest BCUT2D eigenvalue weighted by atomic mass is 19.4. The van der Waals surface area contributed by atoms with E-state index < -0.39 is 35.6 Å². The van der Waals surface area contributed by atoms with Gasteiger partial charge >= 0.3 is 12.1 Å². The normalized spacial score (nSPS) is 11.7. The van der Waals surface area contributed by atoms with Crippen LogP contribution in [0.15, 0.2) is 97.1 Å². The maximum atomic E-state index is 13.5. The molecule has 0 aliphatic heterocycles. The number of hydrogen-bond donors (Lipinski definition) is 1. The van der Waals surface area contributed by atoms with Crippen molar-refractivity contribution in [2.45, 2.75) is 32.0 Å². The van der Waals surface area contributed by atoms with Crippen molar-refractivity contribution >= 4 is 29.4 Å². The minimum Gasteiger partial charge on any atom is -0.463 e. The van der Waals surface area contributed by atoms with Gasteiger partial charge in [0, 0.05) is 33.1 Å². The van der Waals surface area contributed by atoms with E-state index in [1.54, 1.807) is 57.2 Å². The first-order chi connectivity index (χ1) is 22.8. The Bertz CT molecular complexity index is 1770. The second kappa shape index (κ2) is 15.4. The Hall–Kier alpha value is -5.45. The average molecular weight is 660 g/mol. The monoisotopic (exact) mass is 659 g/mol. The minimum atomic E-state index is -4.50. The van der Waals surface area contributed by atoms with Crippen LogP contribution in [0.1, 0.15) is 56.8 Å². The van der Waals surface area contributed by atoms with Crippen molar-refractivity contribution in [1.29, 1.82) is 0 Å². The van der Waals surface area contributed by atoms with E-state index in [4.69, 9.17) is 4.74 Å². The molecule has 0 unspecified atom stereocenters. The van der Waals surface area contributed by atoms with Gasteiger partial charge in [-0.05, 0) is 52.6 Å². The molecule has 0 aromatic heterocycles. The SMILES string of the molecule is CCC(=O)N(C)[C@H](COC(=O)Cc1ccc(NC(=O)c2ccccc2-c2ccc(C(F)(F)F)cc2)c(C(=O)N(C)C)c1)c1ccccc1. The first kappa shape index (κ1) is 35.4. The molecule has 11 heteroatoms. The van der Waals surface area contributed by atoms with Crippen molar-refractivity contribution in [2.75, 3.05) is 33.1 Å². The highest BCUT2D eigenvalue weighted by molar-refractivity contribution is 6.11. The van der Waals surface area contributed by atoms with Crippen molar-refractivity contribution in [1.82, 2.24) is 9.80 Å². The summed E-state index contributed by atoms with van der Waals surface area (Å²) >= 11 is 0. The molecule has 48 heavy (non-hydrogen) atoms. The molecule has 4 aromatic carbocycles. The number of amides is 3. The van der Waals surface area contributed by atoms with Gasteiger partial charge in [-0.15, -0.1) is 0 Å². The van der Waals surface area contributed by atoms with Gasteiger partial charge in [-0.3, -0.25) is 19.2 Å². The fourth-order valence-electron chi connectivity index (χ4n) is 5.11. The molecular formula is C37H36F3N3O5. The molecule has 8 nitrogen and oxygen atoms in total. The largest absolute Gasteiger partial charge is 0.463 e. The van der Waals surface area contributed by atoms with Gasteiger partial charge in [0.05, 0.1) is 29.3 Å². The van der Waals surface area contributed by atoms with Crippen molar-refractivity contribution in [3.8, 4) is 11.1 Å². The number of nitrogens with zero attached hydrogens (tertiary/aromatic N) is 2. The maximum Gasteiger partial charge on any atom is 0.416 e. The molecule has 4 aromatic rings. The Morgan fingerprint density at radius 3 is 2.08 bits per heavy atom. The number of hydrogen-bond acceptors (Lipinski definition) is 5. The third-order valence-electron chi connectivity index (χ3n) is 7.76. The molecule has 0 aliphatic rings. The molecule has 1 atom stereocenters. The summed E-state index contributed by atoms with van der Waals surface area (Å²) in [5.41, 5.74) is 1.78. The van der Waals surface area contributed by atoms with E-state index in [1.165, 1.54) is 35.2 Å². The van der Waals surface area contributed by atoms with E-state index in [0.717, 1.165) is 17.7 Å². The summed E-state index contributed by atoms with van der Waals surface area (Å²) < 4.78 is 44.9. The van der Waals surface area contributed by atoms with Gasteiger partial charge in [0.25, 0.3) is 11.8 Å². The molecule has 4 rings (SSSR count). The molecule has 0 spiro atoms. The van der Waals surface area contributed by atoms with Crippen LogP contribution >= 0.6 is 0 Å². The molecule has 0 aliphatic carbocycles. The summed E-state index contributed by atoms with van der Waals surface area (Å²) in [4.78, 5) is 55.0. The Morgan fingerprint density at radius 2 is 1.46 bits per heavy atom. The van der Waals surface area contributed by atoms with E-state index in [-0.39, 0.29) is 35.7 Å². The minimum absolute atomic E-state index is 0.0684. The average Bonchev–Trinajstić information content (AvgIpc) is 3.08. The topological polar surface area (TPSA) is 96.0 Å². The number of benzene rings is 4. The molecular weight excluding hydrogens is 623 g/mol. The van der Waals surface area contributed by atoms with Gasteiger partial charge in [-0.1, -0.05) is 73.7 Å². The zero-order valence-corrected chi connectivity index (χ0v) is 27.0. The first-order valence-corrected chi connectivity index (χ1v) is 15.2. The molecule has 0 radical (unpaired) electrons. The van der Waals surface area contributed by atoms with Gasteiger partial charge in [-0.25, -0.2) is 0 Å². The lowest BCUT2D eigenvalue weighted by molar-refractivity contribution is -0.147. The van der Waals surface area contributed by atoms with Crippen LogP contribution in [-0.4, -0.2) is 61.2 Å². The zero-order valence-electron chi connectivity index (χ0n) is 27.0.